The Kier molecular flexibility index (Phi) is 4.68. The Balaban J connectivity index is 1.56. The molecular weight excluding hydrogens is 347 g/mol. The van der Waals surface area contributed by atoms with Crippen LogP contribution in [-0.2, 0) is 19.5 Å². The van der Waals surface area contributed by atoms with Crippen LogP contribution in [0.2, 0.25) is 0 Å². The Morgan fingerprint density at radius 3 is 2.81 bits per heavy atom. The summed E-state index contributed by atoms with van der Waals surface area (Å²) in [6.45, 7) is 1.59. The van der Waals surface area contributed by atoms with Crippen molar-refractivity contribution < 1.29 is 9.13 Å². The fraction of sp³-hybridized carbons (Fsp3) is 0.250. The van der Waals surface area contributed by atoms with Crippen LogP contribution in [-0.4, -0.2) is 33.5 Å². The molecule has 0 unspecified atom stereocenters. The maximum absolute atomic E-state index is 14.2. The summed E-state index contributed by atoms with van der Waals surface area (Å²) < 4.78 is 19.3. The molecule has 0 saturated carbocycles. The molecule has 3 heterocycles. The molecule has 7 heteroatoms. The number of aromatic nitrogens is 3. The number of hydrogen-bond acceptors (Lipinski definition) is 5. The molecule has 0 spiro atoms. The van der Waals surface area contributed by atoms with E-state index >= 15 is 0 Å². The van der Waals surface area contributed by atoms with Crippen molar-refractivity contribution in [1.82, 2.24) is 19.9 Å². The molecule has 0 atom stereocenters. The van der Waals surface area contributed by atoms with Crippen LogP contribution in [0.3, 0.4) is 0 Å². The summed E-state index contributed by atoms with van der Waals surface area (Å²) in [6, 6.07) is 8.46. The molecule has 0 amide bonds. The van der Waals surface area contributed by atoms with Gasteiger partial charge in [-0.3, -0.25) is 14.7 Å². The number of H-pyrrole nitrogens is 1. The first-order chi connectivity index (χ1) is 13.1. The fourth-order valence-electron chi connectivity index (χ4n) is 3.29. The molecule has 27 heavy (non-hydrogen) atoms. The van der Waals surface area contributed by atoms with Gasteiger partial charge < -0.3 is 9.72 Å². The molecule has 3 aromatic rings. The van der Waals surface area contributed by atoms with Crippen LogP contribution in [0.1, 0.15) is 16.8 Å². The van der Waals surface area contributed by atoms with Crippen molar-refractivity contribution in [3.8, 4) is 17.1 Å². The largest absolute Gasteiger partial charge is 0.497 e. The third kappa shape index (κ3) is 3.59. The number of aromatic amines is 1. The lowest BCUT2D eigenvalue weighted by atomic mass is 10.1. The number of hydrogen-bond donors (Lipinski definition) is 1. The predicted molar refractivity (Wildman–Crippen MR) is 98.9 cm³/mol. The predicted octanol–water partition coefficient (Wildman–Crippen LogP) is 2.54. The van der Waals surface area contributed by atoms with Crippen molar-refractivity contribution in [3.05, 3.63) is 75.7 Å². The lowest BCUT2D eigenvalue weighted by Crippen LogP contribution is -2.35. The highest BCUT2D eigenvalue weighted by Crippen LogP contribution is 2.22. The quantitative estimate of drug-likeness (QED) is 0.768. The summed E-state index contributed by atoms with van der Waals surface area (Å²) >= 11 is 0. The third-order valence-corrected chi connectivity index (χ3v) is 4.76. The Morgan fingerprint density at radius 2 is 2.07 bits per heavy atom. The fourth-order valence-corrected chi connectivity index (χ4v) is 3.29. The van der Waals surface area contributed by atoms with E-state index in [9.17, 15) is 9.18 Å². The van der Waals surface area contributed by atoms with E-state index < -0.39 is 0 Å². The first kappa shape index (κ1) is 17.4. The van der Waals surface area contributed by atoms with Crippen LogP contribution in [0.25, 0.3) is 11.4 Å². The van der Waals surface area contributed by atoms with Gasteiger partial charge in [0, 0.05) is 55.6 Å². The minimum atomic E-state index is -0.305. The van der Waals surface area contributed by atoms with Crippen LogP contribution >= 0.6 is 0 Å². The van der Waals surface area contributed by atoms with E-state index in [0.29, 0.717) is 48.8 Å². The Labute approximate surface area is 155 Å². The topological polar surface area (TPSA) is 71.1 Å². The first-order valence-electron chi connectivity index (χ1n) is 8.71. The minimum absolute atomic E-state index is 0.147. The molecule has 1 N–H and O–H groups in total. The SMILES string of the molecule is COc1ccc(CN2CCc3nc(-c4ccncc4)[nH]c(=O)c3C2)c(F)c1. The van der Waals surface area contributed by atoms with Gasteiger partial charge in [0.05, 0.1) is 18.4 Å². The summed E-state index contributed by atoms with van der Waals surface area (Å²) in [5.74, 6) is 0.737. The molecule has 0 fully saturated rings. The monoisotopic (exact) mass is 366 g/mol. The van der Waals surface area contributed by atoms with Crippen molar-refractivity contribution >= 4 is 0 Å². The number of benzene rings is 1. The molecule has 2 aromatic heterocycles. The van der Waals surface area contributed by atoms with Crippen molar-refractivity contribution in [3.63, 3.8) is 0 Å². The van der Waals surface area contributed by atoms with Crippen LogP contribution in [0, 0.1) is 5.82 Å². The number of methoxy groups -OCH3 is 1. The van der Waals surface area contributed by atoms with E-state index in [0.717, 1.165) is 11.3 Å². The average molecular weight is 366 g/mol. The second-order valence-corrected chi connectivity index (χ2v) is 6.49. The lowest BCUT2D eigenvalue weighted by molar-refractivity contribution is 0.238. The van der Waals surface area contributed by atoms with E-state index in [2.05, 4.69) is 19.9 Å². The molecule has 0 saturated heterocycles. The summed E-state index contributed by atoms with van der Waals surface area (Å²) in [6.07, 6.45) is 3.98. The number of fused-ring (bicyclic) bond motifs is 1. The summed E-state index contributed by atoms with van der Waals surface area (Å²) in [5.41, 5.74) is 2.71. The smallest absolute Gasteiger partial charge is 0.255 e. The van der Waals surface area contributed by atoms with Gasteiger partial charge in [-0.15, -0.1) is 0 Å². The molecule has 1 aliphatic rings. The molecule has 4 rings (SSSR count). The standard InChI is InChI=1S/C20H19FN4O2/c1-27-15-3-2-14(17(21)10-15)11-25-9-6-18-16(12-25)20(26)24-19(23-18)13-4-7-22-8-5-13/h2-5,7-8,10H,6,9,11-12H2,1H3,(H,23,24,26). The van der Waals surface area contributed by atoms with Crippen LogP contribution in [0.4, 0.5) is 4.39 Å². The Bertz CT molecular complexity index is 1020. The minimum Gasteiger partial charge on any atom is -0.497 e. The molecule has 1 aliphatic heterocycles. The van der Waals surface area contributed by atoms with Gasteiger partial charge in [-0.25, -0.2) is 9.37 Å². The van der Waals surface area contributed by atoms with Gasteiger partial charge in [-0.1, -0.05) is 6.07 Å². The van der Waals surface area contributed by atoms with Gasteiger partial charge in [0.1, 0.15) is 17.4 Å². The van der Waals surface area contributed by atoms with Crippen molar-refractivity contribution in [2.24, 2.45) is 0 Å². The molecule has 0 bridgehead atoms. The van der Waals surface area contributed by atoms with E-state index in [-0.39, 0.29) is 11.4 Å². The number of halogens is 1. The molecule has 138 valence electrons. The number of nitrogens with one attached hydrogen (secondary N) is 1. The zero-order valence-electron chi connectivity index (χ0n) is 14.9. The van der Waals surface area contributed by atoms with Crippen molar-refractivity contribution in [2.45, 2.75) is 19.5 Å². The van der Waals surface area contributed by atoms with E-state index in [4.69, 9.17) is 4.74 Å². The van der Waals surface area contributed by atoms with Gasteiger partial charge in [-0.2, -0.15) is 0 Å². The maximum Gasteiger partial charge on any atom is 0.255 e. The third-order valence-electron chi connectivity index (χ3n) is 4.76. The van der Waals surface area contributed by atoms with Crippen LogP contribution < -0.4 is 10.3 Å². The molecule has 0 radical (unpaired) electrons. The van der Waals surface area contributed by atoms with Gasteiger partial charge in [0.25, 0.3) is 5.56 Å². The Hall–Kier alpha value is -3.06. The van der Waals surface area contributed by atoms with E-state index in [1.807, 2.05) is 12.1 Å². The van der Waals surface area contributed by atoms with Crippen molar-refractivity contribution in [1.29, 1.82) is 0 Å². The Morgan fingerprint density at radius 1 is 1.26 bits per heavy atom. The lowest BCUT2D eigenvalue weighted by Gasteiger charge is -2.28. The zero-order valence-corrected chi connectivity index (χ0v) is 14.9. The summed E-state index contributed by atoms with van der Waals surface area (Å²) in [5, 5.41) is 0. The highest BCUT2D eigenvalue weighted by molar-refractivity contribution is 5.54. The summed E-state index contributed by atoms with van der Waals surface area (Å²) in [7, 11) is 1.51. The first-order valence-corrected chi connectivity index (χ1v) is 8.71. The van der Waals surface area contributed by atoms with Crippen LogP contribution in [0.5, 0.6) is 5.75 Å². The average Bonchev–Trinajstić information content (AvgIpc) is 2.70. The van der Waals surface area contributed by atoms with E-state index in [1.54, 1.807) is 24.5 Å². The number of ether oxygens (including phenoxy) is 1. The zero-order chi connectivity index (χ0) is 18.8. The molecule has 6 nitrogen and oxygen atoms in total. The number of pyridine rings is 1. The highest BCUT2D eigenvalue weighted by Gasteiger charge is 2.22. The van der Waals surface area contributed by atoms with Gasteiger partial charge >= 0.3 is 0 Å². The second-order valence-electron chi connectivity index (χ2n) is 6.49. The number of nitrogens with zero attached hydrogens (tertiary/aromatic N) is 3. The normalized spacial score (nSPS) is 14.0. The van der Waals surface area contributed by atoms with Gasteiger partial charge in [0.2, 0.25) is 0 Å². The van der Waals surface area contributed by atoms with Gasteiger partial charge in [0.15, 0.2) is 0 Å². The molecule has 1 aromatic carbocycles. The molecular formula is C20H19FN4O2. The van der Waals surface area contributed by atoms with Crippen LogP contribution in [0.15, 0.2) is 47.5 Å². The summed E-state index contributed by atoms with van der Waals surface area (Å²) in [4.78, 5) is 26.1. The van der Waals surface area contributed by atoms with E-state index in [1.165, 1.54) is 13.2 Å². The highest BCUT2D eigenvalue weighted by atomic mass is 19.1. The maximum atomic E-state index is 14.2. The second kappa shape index (κ2) is 7.28. The van der Waals surface area contributed by atoms with Gasteiger partial charge in [-0.05, 0) is 18.2 Å². The van der Waals surface area contributed by atoms with Crippen molar-refractivity contribution in [2.75, 3.05) is 13.7 Å². The molecule has 0 aliphatic carbocycles. The number of rotatable bonds is 4.